The van der Waals surface area contributed by atoms with Gasteiger partial charge in [0.1, 0.15) is 11.6 Å². The Bertz CT molecular complexity index is 1070. The summed E-state index contributed by atoms with van der Waals surface area (Å²) in [6.07, 6.45) is 5.92. The highest BCUT2D eigenvalue weighted by molar-refractivity contribution is 7.92. The van der Waals surface area contributed by atoms with E-state index in [-0.39, 0.29) is 22.7 Å². The van der Waals surface area contributed by atoms with Crippen molar-refractivity contribution in [3.8, 4) is 0 Å². The molecular weight excluding hydrogens is 412 g/mol. The number of amides is 2. The van der Waals surface area contributed by atoms with E-state index in [2.05, 4.69) is 10.0 Å². The van der Waals surface area contributed by atoms with Crippen molar-refractivity contribution in [2.45, 2.75) is 49.5 Å². The summed E-state index contributed by atoms with van der Waals surface area (Å²) >= 11 is 0. The first kappa shape index (κ1) is 20.6. The summed E-state index contributed by atoms with van der Waals surface area (Å²) in [5.74, 6) is -1.79. The van der Waals surface area contributed by atoms with Gasteiger partial charge in [-0.15, -0.1) is 0 Å². The molecule has 6 nitrogen and oxygen atoms in total. The molecule has 2 aliphatic rings. The van der Waals surface area contributed by atoms with Gasteiger partial charge in [-0.25, -0.2) is 22.0 Å². The largest absolute Gasteiger partial charge is 0.335 e. The third-order valence-corrected chi connectivity index (χ3v) is 6.97. The molecule has 1 heterocycles. The molecule has 4 rings (SSSR count). The first-order valence-corrected chi connectivity index (χ1v) is 11.5. The van der Waals surface area contributed by atoms with Crippen LogP contribution < -0.4 is 14.9 Å². The SMILES string of the molecule is O=C(NC1CCCCC1)N1CCc2cc(S(=O)(=O)Nc3ccc(F)cc3F)ccc21. The van der Waals surface area contributed by atoms with Crippen molar-refractivity contribution in [3.63, 3.8) is 0 Å². The third-order valence-electron chi connectivity index (χ3n) is 5.61. The molecule has 9 heteroatoms. The quantitative estimate of drug-likeness (QED) is 0.757. The fourth-order valence-corrected chi connectivity index (χ4v) is 5.15. The third kappa shape index (κ3) is 4.26. The molecule has 160 valence electrons. The summed E-state index contributed by atoms with van der Waals surface area (Å²) in [7, 11) is -4.06. The Morgan fingerprint density at radius 2 is 1.80 bits per heavy atom. The fourth-order valence-electron chi connectivity index (χ4n) is 4.03. The molecule has 0 spiro atoms. The van der Waals surface area contributed by atoms with Crippen LogP contribution in [0.2, 0.25) is 0 Å². The van der Waals surface area contributed by atoms with Gasteiger partial charge in [0, 0.05) is 24.3 Å². The van der Waals surface area contributed by atoms with E-state index >= 15 is 0 Å². The van der Waals surface area contributed by atoms with Crippen LogP contribution in [0.3, 0.4) is 0 Å². The van der Waals surface area contributed by atoms with Crippen LogP contribution in [0.15, 0.2) is 41.3 Å². The lowest BCUT2D eigenvalue weighted by Crippen LogP contribution is -2.45. The van der Waals surface area contributed by atoms with Gasteiger partial charge in [-0.1, -0.05) is 19.3 Å². The molecule has 2 aromatic carbocycles. The minimum atomic E-state index is -4.06. The number of benzene rings is 2. The van der Waals surface area contributed by atoms with Gasteiger partial charge < -0.3 is 5.32 Å². The second-order valence-electron chi connectivity index (χ2n) is 7.71. The van der Waals surface area contributed by atoms with Crippen LogP contribution in [0.25, 0.3) is 0 Å². The number of nitrogens with zero attached hydrogens (tertiary/aromatic N) is 1. The lowest BCUT2D eigenvalue weighted by atomic mass is 9.96. The van der Waals surface area contributed by atoms with Gasteiger partial charge in [0.2, 0.25) is 0 Å². The molecule has 0 aromatic heterocycles. The standard InChI is InChI=1S/C21H23F2N3O3S/c22-15-6-8-19(18(23)13-15)25-30(28,29)17-7-9-20-14(12-17)10-11-26(20)21(27)24-16-4-2-1-3-5-16/h6-9,12-13,16,25H,1-5,10-11H2,(H,24,27). The van der Waals surface area contributed by atoms with E-state index in [4.69, 9.17) is 0 Å². The number of rotatable bonds is 4. The van der Waals surface area contributed by atoms with Crippen LogP contribution in [0.1, 0.15) is 37.7 Å². The Morgan fingerprint density at radius 1 is 1.03 bits per heavy atom. The lowest BCUT2D eigenvalue weighted by Gasteiger charge is -2.26. The van der Waals surface area contributed by atoms with Crippen LogP contribution in [0.5, 0.6) is 0 Å². The summed E-state index contributed by atoms with van der Waals surface area (Å²) in [6, 6.07) is 7.12. The van der Waals surface area contributed by atoms with Gasteiger partial charge in [0.25, 0.3) is 10.0 Å². The van der Waals surface area contributed by atoms with E-state index < -0.39 is 21.7 Å². The normalized spacial score (nSPS) is 16.9. The number of anilines is 2. The van der Waals surface area contributed by atoms with Gasteiger partial charge in [0.15, 0.2) is 0 Å². The molecule has 1 saturated carbocycles. The highest BCUT2D eigenvalue weighted by Crippen LogP contribution is 2.31. The number of halogens is 2. The summed E-state index contributed by atoms with van der Waals surface area (Å²) < 4.78 is 54.3. The zero-order valence-corrected chi connectivity index (χ0v) is 17.1. The number of carbonyl (C=O) groups is 1. The number of fused-ring (bicyclic) bond motifs is 1. The molecule has 1 fully saturated rings. The number of hydrogen-bond donors (Lipinski definition) is 2. The zero-order chi connectivity index (χ0) is 21.3. The van der Waals surface area contributed by atoms with Crippen molar-refractivity contribution in [1.29, 1.82) is 0 Å². The Morgan fingerprint density at radius 3 is 2.53 bits per heavy atom. The van der Waals surface area contributed by atoms with Crippen molar-refractivity contribution in [1.82, 2.24) is 5.32 Å². The number of hydrogen-bond acceptors (Lipinski definition) is 3. The van der Waals surface area contributed by atoms with Crippen LogP contribution in [0.4, 0.5) is 25.0 Å². The molecule has 0 radical (unpaired) electrons. The minimum Gasteiger partial charge on any atom is -0.335 e. The highest BCUT2D eigenvalue weighted by Gasteiger charge is 2.28. The maximum absolute atomic E-state index is 13.8. The summed E-state index contributed by atoms with van der Waals surface area (Å²) in [4.78, 5) is 14.3. The van der Waals surface area contributed by atoms with E-state index in [9.17, 15) is 22.0 Å². The molecule has 0 bridgehead atoms. The predicted octanol–water partition coefficient (Wildman–Crippen LogP) is 4.17. The topological polar surface area (TPSA) is 78.5 Å². The Kier molecular flexibility index (Phi) is 5.64. The molecule has 1 aliphatic carbocycles. The summed E-state index contributed by atoms with van der Waals surface area (Å²) in [5, 5.41) is 3.07. The Labute approximate surface area is 174 Å². The number of carbonyl (C=O) groups excluding carboxylic acids is 1. The van der Waals surface area contributed by atoms with Crippen LogP contribution in [-0.2, 0) is 16.4 Å². The van der Waals surface area contributed by atoms with Crippen molar-refractivity contribution >= 4 is 27.4 Å². The highest BCUT2D eigenvalue weighted by atomic mass is 32.2. The molecule has 1 aliphatic heterocycles. The minimum absolute atomic E-state index is 0.0421. The van der Waals surface area contributed by atoms with E-state index in [1.54, 1.807) is 11.0 Å². The van der Waals surface area contributed by atoms with Gasteiger partial charge in [-0.2, -0.15) is 0 Å². The monoisotopic (exact) mass is 435 g/mol. The van der Waals surface area contributed by atoms with Crippen LogP contribution >= 0.6 is 0 Å². The van der Waals surface area contributed by atoms with E-state index in [1.165, 1.54) is 18.6 Å². The second kappa shape index (κ2) is 8.22. The van der Waals surface area contributed by atoms with Gasteiger partial charge >= 0.3 is 6.03 Å². The average molecular weight is 435 g/mol. The molecule has 2 aromatic rings. The number of nitrogens with one attached hydrogen (secondary N) is 2. The van der Waals surface area contributed by atoms with Gasteiger partial charge in [-0.05, 0) is 55.2 Å². The van der Waals surface area contributed by atoms with Gasteiger partial charge in [-0.3, -0.25) is 9.62 Å². The number of sulfonamides is 1. The maximum atomic E-state index is 13.8. The summed E-state index contributed by atoms with van der Waals surface area (Å²) in [6.45, 7) is 0.470. The van der Waals surface area contributed by atoms with Crippen molar-refractivity contribution in [2.24, 2.45) is 0 Å². The molecule has 0 unspecified atom stereocenters. The second-order valence-corrected chi connectivity index (χ2v) is 9.39. The molecular formula is C21H23F2N3O3S. The van der Waals surface area contributed by atoms with Crippen molar-refractivity contribution < 1.29 is 22.0 Å². The molecule has 0 saturated heterocycles. The average Bonchev–Trinajstić information content (AvgIpc) is 3.14. The smallest absolute Gasteiger partial charge is 0.322 e. The van der Waals surface area contributed by atoms with Crippen molar-refractivity contribution in [3.05, 3.63) is 53.6 Å². The molecule has 0 atom stereocenters. The van der Waals surface area contributed by atoms with E-state index in [0.29, 0.717) is 24.7 Å². The van der Waals surface area contributed by atoms with Gasteiger partial charge in [0.05, 0.1) is 10.6 Å². The summed E-state index contributed by atoms with van der Waals surface area (Å²) in [5.41, 5.74) is 1.08. The Hall–Kier alpha value is -2.68. The van der Waals surface area contributed by atoms with E-state index in [1.807, 2.05) is 0 Å². The van der Waals surface area contributed by atoms with E-state index in [0.717, 1.165) is 43.4 Å². The lowest BCUT2D eigenvalue weighted by molar-refractivity contribution is 0.238. The zero-order valence-electron chi connectivity index (χ0n) is 16.3. The molecule has 2 N–H and O–H groups in total. The van der Waals surface area contributed by atoms with Crippen LogP contribution in [-0.4, -0.2) is 27.0 Å². The first-order chi connectivity index (χ1) is 14.3. The van der Waals surface area contributed by atoms with Crippen molar-refractivity contribution in [2.75, 3.05) is 16.2 Å². The maximum Gasteiger partial charge on any atom is 0.322 e. The Balaban J connectivity index is 1.50. The fraction of sp³-hybridized carbons (Fsp3) is 0.381. The van der Waals surface area contributed by atoms with Crippen LogP contribution in [0, 0.1) is 11.6 Å². The molecule has 2 amide bonds. The molecule has 30 heavy (non-hydrogen) atoms. The first-order valence-electron chi connectivity index (χ1n) is 10.0. The predicted molar refractivity (Wildman–Crippen MR) is 110 cm³/mol. The number of urea groups is 1.